The van der Waals surface area contributed by atoms with Gasteiger partial charge in [-0.3, -0.25) is 5.32 Å². The number of anilines is 2. The highest BCUT2D eigenvalue weighted by Crippen LogP contribution is 2.30. The average Bonchev–Trinajstić information content (AvgIpc) is 3.05. The van der Waals surface area contributed by atoms with Crippen molar-refractivity contribution in [3.8, 4) is 10.4 Å². The van der Waals surface area contributed by atoms with Crippen LogP contribution < -0.4 is 11.1 Å². The van der Waals surface area contributed by atoms with Gasteiger partial charge in [0.05, 0.1) is 11.4 Å². The van der Waals surface area contributed by atoms with Crippen LogP contribution in [0.2, 0.25) is 0 Å². The van der Waals surface area contributed by atoms with Crippen molar-refractivity contribution in [2.24, 2.45) is 0 Å². The lowest BCUT2D eigenvalue weighted by Gasteiger charge is -2.22. The SMILES string of the molecule is Nc1ccc(-c2cccs2)cc1NC(=O)OC1CCCCC1. The predicted molar refractivity (Wildman–Crippen MR) is 91.1 cm³/mol. The predicted octanol–water partition coefficient (Wildman–Crippen LogP) is 4.88. The quantitative estimate of drug-likeness (QED) is 0.793. The van der Waals surface area contributed by atoms with Crippen molar-refractivity contribution in [1.29, 1.82) is 0 Å². The Balaban J connectivity index is 1.68. The van der Waals surface area contributed by atoms with E-state index in [0.717, 1.165) is 36.1 Å². The molecule has 22 heavy (non-hydrogen) atoms. The number of nitrogens with two attached hydrogens (primary N) is 1. The molecule has 1 saturated carbocycles. The molecule has 4 nitrogen and oxygen atoms in total. The van der Waals surface area contributed by atoms with Crippen LogP contribution in [0.15, 0.2) is 35.7 Å². The van der Waals surface area contributed by atoms with Gasteiger partial charge in [-0.1, -0.05) is 18.6 Å². The van der Waals surface area contributed by atoms with Crippen LogP contribution in [0.25, 0.3) is 10.4 Å². The summed E-state index contributed by atoms with van der Waals surface area (Å²) in [6, 6.07) is 9.70. The Bertz CT molecular complexity index is 634. The fourth-order valence-electron chi connectivity index (χ4n) is 2.73. The molecule has 1 amide bonds. The minimum Gasteiger partial charge on any atom is -0.446 e. The molecule has 0 radical (unpaired) electrons. The van der Waals surface area contributed by atoms with Crippen LogP contribution >= 0.6 is 11.3 Å². The lowest BCUT2D eigenvalue weighted by Crippen LogP contribution is -2.24. The molecule has 3 rings (SSSR count). The highest BCUT2D eigenvalue weighted by Gasteiger charge is 2.18. The first-order chi connectivity index (χ1) is 10.7. The maximum atomic E-state index is 12.0. The van der Waals surface area contributed by atoms with Gasteiger partial charge in [-0.15, -0.1) is 11.3 Å². The third-order valence-corrected chi connectivity index (χ3v) is 4.84. The normalized spacial score (nSPS) is 15.5. The maximum absolute atomic E-state index is 12.0. The van der Waals surface area contributed by atoms with Gasteiger partial charge in [0, 0.05) is 4.88 Å². The Hall–Kier alpha value is -2.01. The molecule has 0 unspecified atom stereocenters. The van der Waals surface area contributed by atoms with Gasteiger partial charge in [-0.2, -0.15) is 0 Å². The zero-order chi connectivity index (χ0) is 15.4. The van der Waals surface area contributed by atoms with E-state index in [1.165, 1.54) is 6.42 Å². The summed E-state index contributed by atoms with van der Waals surface area (Å²) in [7, 11) is 0. The van der Waals surface area contributed by atoms with Gasteiger partial charge in [0.15, 0.2) is 0 Å². The Kier molecular flexibility index (Phi) is 4.63. The number of nitrogen functional groups attached to an aromatic ring is 1. The molecule has 0 bridgehead atoms. The van der Waals surface area contributed by atoms with Crippen molar-refractivity contribution in [3.63, 3.8) is 0 Å². The van der Waals surface area contributed by atoms with E-state index in [0.29, 0.717) is 11.4 Å². The van der Waals surface area contributed by atoms with Crippen molar-refractivity contribution >= 4 is 28.8 Å². The minimum atomic E-state index is -0.415. The number of thiophene rings is 1. The molecule has 1 aromatic heterocycles. The third kappa shape index (κ3) is 3.60. The largest absolute Gasteiger partial charge is 0.446 e. The van der Waals surface area contributed by atoms with Gasteiger partial charge < -0.3 is 10.5 Å². The molecule has 0 aliphatic heterocycles. The Morgan fingerprint density at radius 2 is 2.05 bits per heavy atom. The number of amides is 1. The number of rotatable bonds is 3. The van der Waals surface area contributed by atoms with E-state index in [1.54, 1.807) is 11.3 Å². The Morgan fingerprint density at radius 3 is 2.77 bits per heavy atom. The minimum absolute atomic E-state index is 0.0375. The number of carbonyl (C=O) groups is 1. The number of carbonyl (C=O) groups excluding carboxylic acids is 1. The van der Waals surface area contributed by atoms with E-state index in [-0.39, 0.29) is 6.10 Å². The fraction of sp³-hybridized carbons (Fsp3) is 0.353. The van der Waals surface area contributed by atoms with Crippen LogP contribution in [0.5, 0.6) is 0 Å². The smallest absolute Gasteiger partial charge is 0.411 e. The van der Waals surface area contributed by atoms with Crippen LogP contribution in [-0.2, 0) is 4.74 Å². The molecular weight excluding hydrogens is 296 g/mol. The van der Waals surface area contributed by atoms with Gasteiger partial charge >= 0.3 is 6.09 Å². The van der Waals surface area contributed by atoms with Crippen molar-refractivity contribution in [2.45, 2.75) is 38.2 Å². The van der Waals surface area contributed by atoms with Gasteiger partial charge in [-0.25, -0.2) is 4.79 Å². The molecule has 1 fully saturated rings. The van der Waals surface area contributed by atoms with Crippen LogP contribution in [-0.4, -0.2) is 12.2 Å². The molecule has 2 aromatic rings. The number of nitrogens with one attached hydrogen (secondary N) is 1. The first kappa shape index (κ1) is 14.9. The molecular formula is C17H20N2O2S. The third-order valence-electron chi connectivity index (χ3n) is 3.92. The second kappa shape index (κ2) is 6.83. The van der Waals surface area contributed by atoms with Crippen LogP contribution in [0.3, 0.4) is 0 Å². The number of hydrogen-bond donors (Lipinski definition) is 2. The molecule has 1 aliphatic rings. The van der Waals surface area contributed by atoms with Gasteiger partial charge in [0.25, 0.3) is 0 Å². The molecule has 116 valence electrons. The van der Waals surface area contributed by atoms with Crippen LogP contribution in [0.4, 0.5) is 16.2 Å². The molecule has 0 spiro atoms. The average molecular weight is 316 g/mol. The lowest BCUT2D eigenvalue weighted by molar-refractivity contribution is 0.0865. The van der Waals surface area contributed by atoms with Crippen molar-refractivity contribution < 1.29 is 9.53 Å². The Labute approximate surface area is 134 Å². The maximum Gasteiger partial charge on any atom is 0.411 e. The highest BCUT2D eigenvalue weighted by atomic mass is 32.1. The van der Waals surface area contributed by atoms with E-state index in [1.807, 2.05) is 35.7 Å². The van der Waals surface area contributed by atoms with Crippen molar-refractivity contribution in [1.82, 2.24) is 0 Å². The molecule has 1 aliphatic carbocycles. The first-order valence-electron chi connectivity index (χ1n) is 7.63. The standard InChI is InChI=1S/C17H20N2O2S/c18-14-9-8-12(16-7-4-10-22-16)11-15(14)19-17(20)21-13-5-2-1-3-6-13/h4,7-11,13H,1-3,5-6,18H2,(H,19,20). The number of hydrogen-bond acceptors (Lipinski definition) is 4. The van der Waals surface area contributed by atoms with E-state index < -0.39 is 6.09 Å². The second-order valence-electron chi connectivity index (χ2n) is 5.57. The van der Waals surface area contributed by atoms with E-state index in [2.05, 4.69) is 5.32 Å². The summed E-state index contributed by atoms with van der Waals surface area (Å²) in [6.45, 7) is 0. The van der Waals surface area contributed by atoms with E-state index >= 15 is 0 Å². The second-order valence-corrected chi connectivity index (χ2v) is 6.52. The summed E-state index contributed by atoms with van der Waals surface area (Å²) in [5.74, 6) is 0. The first-order valence-corrected chi connectivity index (χ1v) is 8.51. The lowest BCUT2D eigenvalue weighted by atomic mass is 9.98. The number of ether oxygens (including phenoxy) is 1. The summed E-state index contributed by atoms with van der Waals surface area (Å²) in [5.41, 5.74) is 8.14. The van der Waals surface area contributed by atoms with E-state index in [9.17, 15) is 4.79 Å². The monoisotopic (exact) mass is 316 g/mol. The summed E-state index contributed by atoms with van der Waals surface area (Å²) in [5, 5.41) is 4.80. The van der Waals surface area contributed by atoms with Crippen LogP contribution in [0, 0.1) is 0 Å². The molecule has 1 aromatic carbocycles. The van der Waals surface area contributed by atoms with E-state index in [4.69, 9.17) is 10.5 Å². The van der Waals surface area contributed by atoms with Crippen molar-refractivity contribution in [2.75, 3.05) is 11.1 Å². The Morgan fingerprint density at radius 1 is 1.23 bits per heavy atom. The van der Waals surface area contributed by atoms with Crippen molar-refractivity contribution in [3.05, 3.63) is 35.7 Å². The molecule has 5 heteroatoms. The summed E-state index contributed by atoms with van der Waals surface area (Å²) < 4.78 is 5.48. The molecule has 0 saturated heterocycles. The molecule has 1 heterocycles. The summed E-state index contributed by atoms with van der Waals surface area (Å²) in [6.07, 6.45) is 5.03. The zero-order valence-electron chi connectivity index (χ0n) is 12.4. The highest BCUT2D eigenvalue weighted by molar-refractivity contribution is 7.13. The molecule has 3 N–H and O–H groups in total. The fourth-order valence-corrected chi connectivity index (χ4v) is 3.46. The number of benzene rings is 1. The molecule has 0 atom stereocenters. The van der Waals surface area contributed by atoms with Gasteiger partial charge in [-0.05, 0) is 54.8 Å². The summed E-state index contributed by atoms with van der Waals surface area (Å²) in [4.78, 5) is 13.2. The topological polar surface area (TPSA) is 64.3 Å². The van der Waals surface area contributed by atoms with Gasteiger partial charge in [0.1, 0.15) is 6.10 Å². The van der Waals surface area contributed by atoms with Gasteiger partial charge in [0.2, 0.25) is 0 Å². The zero-order valence-corrected chi connectivity index (χ0v) is 13.2. The van der Waals surface area contributed by atoms with Crippen LogP contribution in [0.1, 0.15) is 32.1 Å². The summed E-state index contributed by atoms with van der Waals surface area (Å²) >= 11 is 1.65.